The Morgan fingerprint density at radius 1 is 1.50 bits per heavy atom. The molecule has 2 aliphatic rings. The maximum Gasteiger partial charge on any atom is 0.138 e. The Balaban J connectivity index is 2.25. The number of ketones is 1. The van der Waals surface area contributed by atoms with Gasteiger partial charge in [0.25, 0.3) is 0 Å². The second-order valence-corrected chi connectivity index (χ2v) is 4.13. The Labute approximate surface area is 61.8 Å². The highest BCUT2D eigenvalue weighted by molar-refractivity contribution is 5.85. The number of rotatable bonds is 0. The first-order valence-corrected chi connectivity index (χ1v) is 4.24. The normalized spacial score (nSPS) is 46.1. The summed E-state index contributed by atoms with van der Waals surface area (Å²) in [7, 11) is 0. The molecule has 2 saturated carbocycles. The van der Waals surface area contributed by atoms with Crippen LogP contribution in [0, 0.1) is 11.3 Å². The zero-order valence-corrected chi connectivity index (χ0v) is 6.52. The van der Waals surface area contributed by atoms with E-state index in [4.69, 9.17) is 0 Å². The molecule has 0 N–H and O–H groups in total. The van der Waals surface area contributed by atoms with Gasteiger partial charge in [-0.1, -0.05) is 6.92 Å². The lowest BCUT2D eigenvalue weighted by Gasteiger charge is -2.26. The Morgan fingerprint density at radius 3 is 3.00 bits per heavy atom. The van der Waals surface area contributed by atoms with E-state index in [2.05, 4.69) is 6.92 Å². The number of hydrogen-bond acceptors (Lipinski definition) is 1. The largest absolute Gasteiger partial charge is 0.299 e. The van der Waals surface area contributed by atoms with Crippen molar-refractivity contribution in [2.24, 2.45) is 11.3 Å². The van der Waals surface area contributed by atoms with Crippen LogP contribution in [0.25, 0.3) is 0 Å². The number of fused-ring (bicyclic) bond motifs is 2. The van der Waals surface area contributed by atoms with Gasteiger partial charge in [-0.25, -0.2) is 0 Å². The van der Waals surface area contributed by atoms with Gasteiger partial charge in [-0.05, 0) is 31.6 Å². The van der Waals surface area contributed by atoms with E-state index in [9.17, 15) is 4.79 Å². The molecule has 2 rings (SSSR count). The van der Waals surface area contributed by atoms with Gasteiger partial charge in [0.05, 0.1) is 0 Å². The van der Waals surface area contributed by atoms with Crippen LogP contribution in [0.3, 0.4) is 0 Å². The van der Waals surface area contributed by atoms with E-state index in [-0.39, 0.29) is 5.41 Å². The number of carbonyl (C=O) groups excluding carboxylic acids is 1. The van der Waals surface area contributed by atoms with Crippen LogP contribution in [-0.4, -0.2) is 5.78 Å². The molecular weight excluding hydrogens is 124 g/mol. The average molecular weight is 138 g/mol. The molecule has 0 heterocycles. The van der Waals surface area contributed by atoms with Crippen molar-refractivity contribution in [3.63, 3.8) is 0 Å². The standard InChI is InChI=1S/C9H14O/c1-9-5-4-7(6-9)2-3-8(9)10/h7H,2-6H2,1H3/t7-,9+/m0/s1. The maximum atomic E-state index is 11.4. The summed E-state index contributed by atoms with van der Waals surface area (Å²) in [6.07, 6.45) is 5.69. The van der Waals surface area contributed by atoms with Gasteiger partial charge < -0.3 is 0 Å². The molecule has 2 atom stereocenters. The van der Waals surface area contributed by atoms with E-state index in [0.29, 0.717) is 5.78 Å². The molecule has 2 aliphatic carbocycles. The molecule has 56 valence electrons. The van der Waals surface area contributed by atoms with Crippen LogP contribution in [0.15, 0.2) is 0 Å². The summed E-state index contributed by atoms with van der Waals surface area (Å²) in [4.78, 5) is 11.4. The minimum absolute atomic E-state index is 0.114. The Morgan fingerprint density at radius 2 is 2.30 bits per heavy atom. The topological polar surface area (TPSA) is 17.1 Å². The zero-order chi connectivity index (χ0) is 7.19. The van der Waals surface area contributed by atoms with Crippen molar-refractivity contribution in [2.75, 3.05) is 0 Å². The first-order valence-electron chi connectivity index (χ1n) is 4.24. The van der Waals surface area contributed by atoms with Crippen LogP contribution < -0.4 is 0 Å². The van der Waals surface area contributed by atoms with Crippen molar-refractivity contribution in [1.82, 2.24) is 0 Å². The molecule has 1 nitrogen and oxygen atoms in total. The minimum atomic E-state index is 0.114. The van der Waals surface area contributed by atoms with E-state index >= 15 is 0 Å². The van der Waals surface area contributed by atoms with Crippen LogP contribution in [-0.2, 0) is 4.79 Å². The molecule has 0 aromatic carbocycles. The molecule has 0 aromatic rings. The van der Waals surface area contributed by atoms with Gasteiger partial charge in [0.15, 0.2) is 0 Å². The molecule has 0 amide bonds. The quantitative estimate of drug-likeness (QED) is 0.501. The lowest BCUT2D eigenvalue weighted by atomic mass is 9.76. The van der Waals surface area contributed by atoms with Crippen LogP contribution in [0.1, 0.15) is 39.0 Å². The molecule has 0 unspecified atom stereocenters. The van der Waals surface area contributed by atoms with Crippen LogP contribution >= 0.6 is 0 Å². The third kappa shape index (κ3) is 0.727. The summed E-state index contributed by atoms with van der Waals surface area (Å²) >= 11 is 0. The first-order chi connectivity index (χ1) is 4.71. The molecule has 0 spiro atoms. The fourth-order valence-electron chi connectivity index (χ4n) is 2.50. The third-order valence-corrected chi connectivity index (χ3v) is 3.30. The van der Waals surface area contributed by atoms with Gasteiger partial charge in [0, 0.05) is 11.8 Å². The lowest BCUT2D eigenvalue weighted by Crippen LogP contribution is -2.28. The predicted octanol–water partition coefficient (Wildman–Crippen LogP) is 2.16. The summed E-state index contributed by atoms with van der Waals surface area (Å²) in [6, 6.07) is 0. The molecular formula is C9H14O. The van der Waals surface area contributed by atoms with E-state index in [1.54, 1.807) is 0 Å². The lowest BCUT2D eigenvalue weighted by molar-refractivity contribution is -0.129. The smallest absolute Gasteiger partial charge is 0.138 e. The molecule has 2 bridgehead atoms. The van der Waals surface area contributed by atoms with E-state index in [1.807, 2.05) is 0 Å². The maximum absolute atomic E-state index is 11.4. The summed E-state index contributed by atoms with van der Waals surface area (Å²) in [6.45, 7) is 2.15. The van der Waals surface area contributed by atoms with Gasteiger partial charge >= 0.3 is 0 Å². The Hall–Kier alpha value is -0.330. The predicted molar refractivity (Wildman–Crippen MR) is 39.7 cm³/mol. The molecule has 10 heavy (non-hydrogen) atoms. The van der Waals surface area contributed by atoms with Crippen molar-refractivity contribution < 1.29 is 4.79 Å². The Kier molecular flexibility index (Phi) is 1.17. The monoisotopic (exact) mass is 138 g/mol. The molecule has 2 fully saturated rings. The second-order valence-electron chi connectivity index (χ2n) is 4.13. The van der Waals surface area contributed by atoms with Crippen molar-refractivity contribution >= 4 is 5.78 Å². The fourth-order valence-corrected chi connectivity index (χ4v) is 2.50. The number of Topliss-reactive ketones (excluding diaryl/α,β-unsaturated/α-hetero) is 1. The van der Waals surface area contributed by atoms with Gasteiger partial charge in [-0.2, -0.15) is 0 Å². The highest BCUT2D eigenvalue weighted by Crippen LogP contribution is 2.48. The van der Waals surface area contributed by atoms with E-state index in [0.717, 1.165) is 18.8 Å². The van der Waals surface area contributed by atoms with Crippen LogP contribution in [0.5, 0.6) is 0 Å². The zero-order valence-electron chi connectivity index (χ0n) is 6.52. The van der Waals surface area contributed by atoms with Crippen LogP contribution in [0.4, 0.5) is 0 Å². The van der Waals surface area contributed by atoms with Crippen LogP contribution in [0.2, 0.25) is 0 Å². The third-order valence-electron chi connectivity index (χ3n) is 3.30. The summed E-state index contributed by atoms with van der Waals surface area (Å²) < 4.78 is 0. The van der Waals surface area contributed by atoms with E-state index < -0.39 is 0 Å². The van der Waals surface area contributed by atoms with Crippen molar-refractivity contribution in [3.8, 4) is 0 Å². The highest BCUT2D eigenvalue weighted by Gasteiger charge is 2.43. The highest BCUT2D eigenvalue weighted by atomic mass is 16.1. The van der Waals surface area contributed by atoms with Gasteiger partial charge in [0.2, 0.25) is 0 Å². The second kappa shape index (κ2) is 1.84. The summed E-state index contributed by atoms with van der Waals surface area (Å²) in [5.74, 6) is 1.42. The molecule has 0 aromatic heterocycles. The molecule has 0 aliphatic heterocycles. The Bertz CT molecular complexity index is 174. The van der Waals surface area contributed by atoms with Crippen molar-refractivity contribution in [1.29, 1.82) is 0 Å². The SMILES string of the molecule is C[C@]12CC[C@H](CCC1=O)C2. The first kappa shape index (κ1) is 6.38. The van der Waals surface area contributed by atoms with Gasteiger partial charge in [-0.3, -0.25) is 4.79 Å². The fraction of sp³-hybridized carbons (Fsp3) is 0.889. The summed E-state index contributed by atoms with van der Waals surface area (Å²) in [5, 5.41) is 0. The van der Waals surface area contributed by atoms with E-state index in [1.165, 1.54) is 19.3 Å². The molecule has 0 saturated heterocycles. The minimum Gasteiger partial charge on any atom is -0.299 e. The van der Waals surface area contributed by atoms with Crippen molar-refractivity contribution in [3.05, 3.63) is 0 Å². The average Bonchev–Trinajstić information content (AvgIpc) is 2.22. The van der Waals surface area contributed by atoms with Crippen molar-refractivity contribution in [2.45, 2.75) is 39.0 Å². The number of carbonyl (C=O) groups is 1. The molecule has 0 radical (unpaired) electrons. The van der Waals surface area contributed by atoms with Gasteiger partial charge in [0.1, 0.15) is 5.78 Å². The molecule has 1 heteroatoms. The van der Waals surface area contributed by atoms with Gasteiger partial charge in [-0.15, -0.1) is 0 Å². The number of hydrogen-bond donors (Lipinski definition) is 0. The summed E-state index contributed by atoms with van der Waals surface area (Å²) in [5.41, 5.74) is 0.114.